The molecule has 0 unspecified atom stereocenters. The first kappa shape index (κ1) is 11.8. The second kappa shape index (κ2) is 9.30. The largest absolute Gasteiger partial charge is 0.365 e. The fourth-order valence-electron chi connectivity index (χ4n) is 0.849. The normalized spacial score (nSPS) is 20.8. The summed E-state index contributed by atoms with van der Waals surface area (Å²) in [7, 11) is 0. The van der Waals surface area contributed by atoms with Gasteiger partial charge in [0.05, 0.1) is 13.2 Å². The van der Waals surface area contributed by atoms with Crippen LogP contribution in [-0.2, 0) is 14.2 Å². The number of hydrogen-bond acceptors (Lipinski definition) is 3. The van der Waals surface area contributed by atoms with Crippen LogP contribution in [0.2, 0.25) is 0 Å². The molecule has 1 aliphatic rings. The summed E-state index contributed by atoms with van der Waals surface area (Å²) in [5.41, 5.74) is 0. The standard InChI is InChI=1S/C12H14O3/c1-2-8-14-10-5-6-12-15-11-4-3-9-13-7-1/h1-2H,7-12H2/b2-1-. The van der Waals surface area contributed by atoms with Crippen molar-refractivity contribution in [2.75, 3.05) is 39.6 Å². The molecule has 1 aliphatic heterocycles. The Hall–Kier alpha value is -1.26. The maximum atomic E-state index is 5.21. The molecule has 0 aromatic rings. The van der Waals surface area contributed by atoms with E-state index in [-0.39, 0.29) is 0 Å². The highest BCUT2D eigenvalue weighted by atomic mass is 16.5. The second-order valence-corrected chi connectivity index (χ2v) is 2.70. The van der Waals surface area contributed by atoms with E-state index < -0.39 is 0 Å². The highest BCUT2D eigenvalue weighted by Crippen LogP contribution is 1.81. The van der Waals surface area contributed by atoms with Crippen molar-refractivity contribution in [3.05, 3.63) is 12.2 Å². The molecule has 0 bridgehead atoms. The molecule has 0 amide bonds. The summed E-state index contributed by atoms with van der Waals surface area (Å²) in [4.78, 5) is 0. The van der Waals surface area contributed by atoms with E-state index in [1.807, 2.05) is 12.2 Å². The second-order valence-electron chi connectivity index (χ2n) is 2.70. The summed E-state index contributed by atoms with van der Waals surface area (Å²) in [5, 5.41) is 0. The van der Waals surface area contributed by atoms with Crippen LogP contribution in [0, 0.1) is 23.7 Å². The lowest BCUT2D eigenvalue weighted by Crippen LogP contribution is -1.94. The van der Waals surface area contributed by atoms with Crippen molar-refractivity contribution in [2.45, 2.75) is 0 Å². The molecule has 15 heavy (non-hydrogen) atoms. The van der Waals surface area contributed by atoms with Gasteiger partial charge in [0.1, 0.15) is 26.4 Å². The first-order valence-corrected chi connectivity index (χ1v) is 4.80. The van der Waals surface area contributed by atoms with Crippen molar-refractivity contribution in [3.63, 3.8) is 0 Å². The van der Waals surface area contributed by atoms with Gasteiger partial charge >= 0.3 is 0 Å². The van der Waals surface area contributed by atoms with Gasteiger partial charge in [0.25, 0.3) is 0 Å². The maximum Gasteiger partial charge on any atom is 0.109 e. The molecule has 0 saturated heterocycles. The Labute approximate surface area is 90.4 Å². The highest BCUT2D eigenvalue weighted by molar-refractivity contribution is 5.02. The lowest BCUT2D eigenvalue weighted by atomic mass is 10.5. The number of hydrogen-bond donors (Lipinski definition) is 0. The van der Waals surface area contributed by atoms with E-state index in [0.29, 0.717) is 39.6 Å². The van der Waals surface area contributed by atoms with Crippen LogP contribution >= 0.6 is 0 Å². The minimum Gasteiger partial charge on any atom is -0.365 e. The van der Waals surface area contributed by atoms with Gasteiger partial charge in [-0.2, -0.15) is 0 Å². The molecular weight excluding hydrogens is 192 g/mol. The van der Waals surface area contributed by atoms with Gasteiger partial charge < -0.3 is 14.2 Å². The van der Waals surface area contributed by atoms with Crippen LogP contribution < -0.4 is 0 Å². The fraction of sp³-hybridized carbons (Fsp3) is 0.500. The van der Waals surface area contributed by atoms with E-state index in [1.54, 1.807) is 0 Å². The molecule has 1 heterocycles. The first-order valence-electron chi connectivity index (χ1n) is 4.80. The molecule has 0 saturated carbocycles. The fourth-order valence-corrected chi connectivity index (χ4v) is 0.849. The van der Waals surface area contributed by atoms with Gasteiger partial charge in [-0.25, -0.2) is 0 Å². The quantitative estimate of drug-likeness (QED) is 0.429. The van der Waals surface area contributed by atoms with Gasteiger partial charge in [-0.3, -0.25) is 0 Å². The molecule has 0 radical (unpaired) electrons. The average Bonchev–Trinajstić information content (AvgIpc) is 2.27. The summed E-state index contributed by atoms with van der Waals surface area (Å²) < 4.78 is 15.5. The zero-order chi connectivity index (χ0) is 10.6. The minimum atomic E-state index is 0.398. The zero-order valence-electron chi connectivity index (χ0n) is 8.62. The van der Waals surface area contributed by atoms with Crippen molar-refractivity contribution in [3.8, 4) is 23.7 Å². The molecular formula is C12H14O3. The number of rotatable bonds is 0. The Morgan fingerprint density at radius 2 is 1.00 bits per heavy atom. The monoisotopic (exact) mass is 206 g/mol. The molecule has 0 aromatic heterocycles. The van der Waals surface area contributed by atoms with E-state index in [2.05, 4.69) is 23.7 Å². The highest BCUT2D eigenvalue weighted by Gasteiger charge is 1.82. The predicted octanol–water partition coefficient (Wildman–Crippen LogP) is 0.613. The van der Waals surface area contributed by atoms with Crippen LogP contribution in [0.1, 0.15) is 0 Å². The van der Waals surface area contributed by atoms with Crippen LogP contribution in [0.4, 0.5) is 0 Å². The predicted molar refractivity (Wildman–Crippen MR) is 57.1 cm³/mol. The van der Waals surface area contributed by atoms with Crippen molar-refractivity contribution in [2.24, 2.45) is 0 Å². The Balaban J connectivity index is 2.29. The summed E-state index contributed by atoms with van der Waals surface area (Å²) in [6.45, 7) is 2.78. The van der Waals surface area contributed by atoms with Crippen LogP contribution in [0.5, 0.6) is 0 Å². The summed E-state index contributed by atoms with van der Waals surface area (Å²) in [6, 6.07) is 0. The third-order valence-electron chi connectivity index (χ3n) is 1.54. The molecule has 0 spiro atoms. The summed E-state index contributed by atoms with van der Waals surface area (Å²) in [6.07, 6.45) is 3.82. The third-order valence-corrected chi connectivity index (χ3v) is 1.54. The van der Waals surface area contributed by atoms with Gasteiger partial charge in [-0.1, -0.05) is 35.8 Å². The van der Waals surface area contributed by atoms with Gasteiger partial charge in [0.2, 0.25) is 0 Å². The minimum absolute atomic E-state index is 0.398. The number of ether oxygens (including phenoxy) is 3. The van der Waals surface area contributed by atoms with E-state index in [0.717, 1.165) is 0 Å². The maximum absolute atomic E-state index is 5.21. The molecule has 1 rings (SSSR count). The van der Waals surface area contributed by atoms with Crippen molar-refractivity contribution in [1.29, 1.82) is 0 Å². The van der Waals surface area contributed by atoms with E-state index in [9.17, 15) is 0 Å². The van der Waals surface area contributed by atoms with Crippen LogP contribution in [0.3, 0.4) is 0 Å². The van der Waals surface area contributed by atoms with E-state index in [4.69, 9.17) is 14.2 Å². The Bertz CT molecular complexity index is 268. The van der Waals surface area contributed by atoms with Crippen LogP contribution in [0.25, 0.3) is 0 Å². The van der Waals surface area contributed by atoms with Crippen molar-refractivity contribution < 1.29 is 14.2 Å². The molecule has 0 aliphatic carbocycles. The first-order chi connectivity index (χ1) is 7.50. The smallest absolute Gasteiger partial charge is 0.109 e. The lowest BCUT2D eigenvalue weighted by Gasteiger charge is -1.94. The summed E-state index contributed by atoms with van der Waals surface area (Å²) in [5.74, 6) is 11.4. The molecule has 0 aromatic carbocycles. The van der Waals surface area contributed by atoms with E-state index >= 15 is 0 Å². The van der Waals surface area contributed by atoms with Crippen LogP contribution in [-0.4, -0.2) is 39.6 Å². The Kier molecular flexibility index (Phi) is 7.32. The van der Waals surface area contributed by atoms with Gasteiger partial charge in [0.15, 0.2) is 0 Å². The van der Waals surface area contributed by atoms with Crippen molar-refractivity contribution in [1.82, 2.24) is 0 Å². The SMILES string of the molecule is C1#CCOC/C=C\COCC#CCOC1. The molecule has 0 fully saturated rings. The lowest BCUT2D eigenvalue weighted by molar-refractivity contribution is 0.190. The molecule has 3 nitrogen and oxygen atoms in total. The van der Waals surface area contributed by atoms with E-state index in [1.165, 1.54) is 0 Å². The third kappa shape index (κ3) is 7.78. The topological polar surface area (TPSA) is 27.7 Å². The Morgan fingerprint density at radius 3 is 1.47 bits per heavy atom. The Morgan fingerprint density at radius 1 is 0.600 bits per heavy atom. The van der Waals surface area contributed by atoms with Crippen LogP contribution in [0.15, 0.2) is 12.2 Å². The average molecular weight is 206 g/mol. The van der Waals surface area contributed by atoms with Gasteiger partial charge in [-0.05, 0) is 0 Å². The molecule has 3 heteroatoms. The molecule has 0 N–H and O–H groups in total. The zero-order valence-corrected chi connectivity index (χ0v) is 8.62. The van der Waals surface area contributed by atoms with Gasteiger partial charge in [0, 0.05) is 0 Å². The van der Waals surface area contributed by atoms with Crippen molar-refractivity contribution >= 4 is 0 Å². The molecule has 80 valence electrons. The van der Waals surface area contributed by atoms with Gasteiger partial charge in [-0.15, -0.1) is 0 Å². The molecule has 0 atom stereocenters. The summed E-state index contributed by atoms with van der Waals surface area (Å²) >= 11 is 0.